The number of carbonyl (C=O) groups excluding carboxylic acids is 1. The minimum atomic E-state index is 0.450. The summed E-state index contributed by atoms with van der Waals surface area (Å²) in [6.45, 7) is 6.00. The number of hydrogen-bond donors (Lipinski definition) is 0. The molecule has 0 N–H and O–H groups in total. The fraction of sp³-hybridized carbons (Fsp3) is 0.917. The van der Waals surface area contributed by atoms with Crippen LogP contribution in [0.2, 0.25) is 0 Å². The molecule has 82 valence electrons. The molecule has 0 amide bonds. The molecule has 1 unspecified atom stereocenters. The van der Waals surface area contributed by atoms with E-state index in [4.69, 9.17) is 4.74 Å². The Bertz CT molecular complexity index is 171. The van der Waals surface area contributed by atoms with E-state index in [-0.39, 0.29) is 0 Å². The van der Waals surface area contributed by atoms with Gasteiger partial charge in [0, 0.05) is 26.1 Å². The minimum Gasteiger partial charge on any atom is -0.381 e. The van der Waals surface area contributed by atoms with Gasteiger partial charge in [-0.25, -0.2) is 0 Å². The molecule has 2 nitrogen and oxygen atoms in total. The van der Waals surface area contributed by atoms with Gasteiger partial charge in [-0.1, -0.05) is 20.3 Å². The van der Waals surface area contributed by atoms with Crippen LogP contribution in [0, 0.1) is 11.8 Å². The molecule has 0 saturated carbocycles. The van der Waals surface area contributed by atoms with Crippen molar-refractivity contribution in [2.75, 3.05) is 13.2 Å². The fourth-order valence-electron chi connectivity index (χ4n) is 1.89. The number of carbonyl (C=O) groups is 1. The molecule has 0 spiro atoms. The van der Waals surface area contributed by atoms with Gasteiger partial charge in [0.2, 0.25) is 0 Å². The molecule has 1 atom stereocenters. The van der Waals surface area contributed by atoms with Crippen molar-refractivity contribution in [2.24, 2.45) is 11.8 Å². The Hall–Kier alpha value is -0.370. The van der Waals surface area contributed by atoms with E-state index in [9.17, 15) is 4.79 Å². The van der Waals surface area contributed by atoms with Crippen molar-refractivity contribution in [3.8, 4) is 0 Å². The van der Waals surface area contributed by atoms with Crippen LogP contribution in [0.5, 0.6) is 0 Å². The quantitative estimate of drug-likeness (QED) is 0.679. The lowest BCUT2D eigenvalue weighted by Gasteiger charge is -2.21. The second kappa shape index (κ2) is 6.18. The van der Waals surface area contributed by atoms with E-state index < -0.39 is 0 Å². The lowest BCUT2D eigenvalue weighted by atomic mass is 9.90. The average molecular weight is 198 g/mol. The topological polar surface area (TPSA) is 26.3 Å². The molecule has 0 aromatic rings. The molecule has 0 aliphatic carbocycles. The van der Waals surface area contributed by atoms with Crippen LogP contribution in [0.25, 0.3) is 0 Å². The zero-order chi connectivity index (χ0) is 10.4. The molecular formula is C12H22O2. The van der Waals surface area contributed by atoms with Crippen molar-refractivity contribution in [3.05, 3.63) is 0 Å². The van der Waals surface area contributed by atoms with Gasteiger partial charge in [-0.05, 0) is 24.7 Å². The predicted octanol–water partition coefficient (Wildman–Crippen LogP) is 2.81. The third-order valence-electron chi connectivity index (χ3n) is 3.13. The fourth-order valence-corrected chi connectivity index (χ4v) is 1.89. The Morgan fingerprint density at radius 3 is 2.64 bits per heavy atom. The third-order valence-corrected chi connectivity index (χ3v) is 3.13. The van der Waals surface area contributed by atoms with E-state index >= 15 is 0 Å². The molecule has 1 fully saturated rings. The molecule has 2 heteroatoms. The highest BCUT2D eigenvalue weighted by Gasteiger charge is 2.18. The Labute approximate surface area is 87.0 Å². The summed E-state index contributed by atoms with van der Waals surface area (Å²) < 4.78 is 5.27. The summed E-state index contributed by atoms with van der Waals surface area (Å²) in [5.41, 5.74) is 0. The van der Waals surface area contributed by atoms with Crippen molar-refractivity contribution < 1.29 is 9.53 Å². The van der Waals surface area contributed by atoms with Crippen LogP contribution >= 0.6 is 0 Å². The predicted molar refractivity (Wildman–Crippen MR) is 57.2 cm³/mol. The minimum absolute atomic E-state index is 0.450. The van der Waals surface area contributed by atoms with Gasteiger partial charge in [-0.15, -0.1) is 0 Å². The smallest absolute Gasteiger partial charge is 0.133 e. The van der Waals surface area contributed by atoms with Crippen molar-refractivity contribution >= 4 is 5.78 Å². The maximum atomic E-state index is 11.6. The summed E-state index contributed by atoms with van der Waals surface area (Å²) in [5, 5.41) is 0. The lowest BCUT2D eigenvalue weighted by Crippen LogP contribution is -2.19. The second-order valence-corrected chi connectivity index (χ2v) is 4.52. The van der Waals surface area contributed by atoms with Crippen LogP contribution in [0.3, 0.4) is 0 Å². The van der Waals surface area contributed by atoms with Crippen LogP contribution in [0.4, 0.5) is 0 Å². The van der Waals surface area contributed by atoms with Crippen LogP contribution in [-0.2, 0) is 9.53 Å². The first-order valence-electron chi connectivity index (χ1n) is 5.81. The molecular weight excluding hydrogens is 176 g/mol. The van der Waals surface area contributed by atoms with Crippen LogP contribution in [0.15, 0.2) is 0 Å². The van der Waals surface area contributed by atoms with Gasteiger partial charge in [0.25, 0.3) is 0 Å². The summed E-state index contributed by atoms with van der Waals surface area (Å²) in [6, 6.07) is 0. The Kier molecular flexibility index (Phi) is 5.16. The van der Waals surface area contributed by atoms with Crippen LogP contribution in [0.1, 0.15) is 46.0 Å². The molecule has 0 aromatic heterocycles. The van der Waals surface area contributed by atoms with E-state index in [2.05, 4.69) is 13.8 Å². The normalized spacial score (nSPS) is 20.7. The number of ether oxygens (including phenoxy) is 1. The van der Waals surface area contributed by atoms with Gasteiger partial charge < -0.3 is 4.74 Å². The highest BCUT2D eigenvalue weighted by atomic mass is 16.5. The van der Waals surface area contributed by atoms with Gasteiger partial charge in [0.1, 0.15) is 5.78 Å². The summed E-state index contributed by atoms with van der Waals surface area (Å²) in [4.78, 5) is 11.6. The Morgan fingerprint density at radius 2 is 2.07 bits per heavy atom. The van der Waals surface area contributed by atoms with Crippen LogP contribution < -0.4 is 0 Å². The standard InChI is InChI=1S/C12H22O2/c1-3-10(2)8-12(13)9-11-4-6-14-7-5-11/h10-11H,3-9H2,1-2H3. The first kappa shape index (κ1) is 11.7. The number of rotatable bonds is 5. The molecule has 1 aliphatic heterocycles. The maximum absolute atomic E-state index is 11.6. The maximum Gasteiger partial charge on any atom is 0.133 e. The lowest BCUT2D eigenvalue weighted by molar-refractivity contribution is -0.121. The molecule has 1 saturated heterocycles. The van der Waals surface area contributed by atoms with E-state index in [0.717, 1.165) is 45.3 Å². The Balaban J connectivity index is 2.18. The van der Waals surface area contributed by atoms with E-state index in [1.807, 2.05) is 0 Å². The number of hydrogen-bond acceptors (Lipinski definition) is 2. The van der Waals surface area contributed by atoms with Crippen molar-refractivity contribution in [1.29, 1.82) is 0 Å². The summed E-state index contributed by atoms with van der Waals surface area (Å²) in [5.74, 6) is 1.61. The summed E-state index contributed by atoms with van der Waals surface area (Å²) in [7, 11) is 0. The zero-order valence-electron chi connectivity index (χ0n) is 9.42. The van der Waals surface area contributed by atoms with Gasteiger partial charge in [-0.3, -0.25) is 4.79 Å². The summed E-state index contributed by atoms with van der Waals surface area (Å²) in [6.07, 6.45) is 4.82. The molecule has 14 heavy (non-hydrogen) atoms. The molecule has 1 aliphatic rings. The van der Waals surface area contributed by atoms with Gasteiger partial charge in [-0.2, -0.15) is 0 Å². The Morgan fingerprint density at radius 1 is 1.43 bits per heavy atom. The van der Waals surface area contributed by atoms with E-state index in [0.29, 0.717) is 17.6 Å². The van der Waals surface area contributed by atoms with Crippen molar-refractivity contribution in [2.45, 2.75) is 46.0 Å². The summed E-state index contributed by atoms with van der Waals surface area (Å²) >= 11 is 0. The second-order valence-electron chi connectivity index (χ2n) is 4.52. The zero-order valence-corrected chi connectivity index (χ0v) is 9.42. The van der Waals surface area contributed by atoms with E-state index in [1.54, 1.807) is 0 Å². The van der Waals surface area contributed by atoms with Gasteiger partial charge >= 0.3 is 0 Å². The third kappa shape index (κ3) is 4.23. The molecule has 1 heterocycles. The number of Topliss-reactive ketones (excluding diaryl/α,β-unsaturated/α-hetero) is 1. The first-order chi connectivity index (χ1) is 6.72. The molecule has 0 aromatic carbocycles. The van der Waals surface area contributed by atoms with Crippen molar-refractivity contribution in [1.82, 2.24) is 0 Å². The average Bonchev–Trinajstić information content (AvgIpc) is 2.19. The first-order valence-corrected chi connectivity index (χ1v) is 5.81. The molecule has 1 rings (SSSR count). The largest absolute Gasteiger partial charge is 0.381 e. The monoisotopic (exact) mass is 198 g/mol. The highest BCUT2D eigenvalue weighted by molar-refractivity contribution is 5.78. The van der Waals surface area contributed by atoms with Gasteiger partial charge in [0.15, 0.2) is 0 Å². The van der Waals surface area contributed by atoms with Crippen LogP contribution in [-0.4, -0.2) is 19.0 Å². The molecule has 0 bridgehead atoms. The highest BCUT2D eigenvalue weighted by Crippen LogP contribution is 2.20. The molecule has 0 radical (unpaired) electrons. The SMILES string of the molecule is CCC(C)CC(=O)CC1CCOCC1. The van der Waals surface area contributed by atoms with E-state index in [1.165, 1.54) is 0 Å². The van der Waals surface area contributed by atoms with Gasteiger partial charge in [0.05, 0.1) is 0 Å². The van der Waals surface area contributed by atoms with Crippen molar-refractivity contribution in [3.63, 3.8) is 0 Å². The number of ketones is 1.